The average molecular weight is 481 g/mol. The van der Waals surface area contributed by atoms with E-state index in [0.717, 1.165) is 17.3 Å². The Kier molecular flexibility index (Phi) is 5.71. The summed E-state index contributed by atoms with van der Waals surface area (Å²) >= 11 is 3.29. The fourth-order valence-corrected chi connectivity index (χ4v) is 4.63. The van der Waals surface area contributed by atoms with E-state index in [0.29, 0.717) is 13.2 Å². The zero-order valence-corrected chi connectivity index (χ0v) is 17.7. The summed E-state index contributed by atoms with van der Waals surface area (Å²) < 4.78 is 52.6. The molecule has 0 amide bonds. The van der Waals surface area contributed by atoms with Crippen molar-refractivity contribution in [1.82, 2.24) is 4.98 Å². The molecule has 2 heterocycles. The highest BCUT2D eigenvalue weighted by atomic mass is 79.9. The Labute approximate surface area is 176 Å². The second-order valence-corrected chi connectivity index (χ2v) is 9.39. The number of rotatable bonds is 6. The molecular formula is C20H18BrFN2O4S. The van der Waals surface area contributed by atoms with E-state index in [9.17, 15) is 12.8 Å². The molecule has 1 aromatic heterocycles. The van der Waals surface area contributed by atoms with Gasteiger partial charge in [-0.25, -0.2) is 12.8 Å². The van der Waals surface area contributed by atoms with Crippen LogP contribution in [-0.2, 0) is 14.6 Å². The van der Waals surface area contributed by atoms with Gasteiger partial charge in [0.25, 0.3) is 0 Å². The van der Waals surface area contributed by atoms with Crippen LogP contribution in [0.2, 0.25) is 0 Å². The molecule has 4 rings (SSSR count). The van der Waals surface area contributed by atoms with Gasteiger partial charge in [-0.3, -0.25) is 0 Å². The Hall–Kier alpha value is -2.23. The van der Waals surface area contributed by atoms with E-state index in [4.69, 9.17) is 9.15 Å². The molecule has 29 heavy (non-hydrogen) atoms. The lowest BCUT2D eigenvalue weighted by atomic mass is 10.2. The SMILES string of the molecule is O=S(=O)(c1ccc(Br)cc1)c1nc(-c2ccccc2F)oc1NCC1CCCO1. The second-order valence-electron chi connectivity index (χ2n) is 6.61. The van der Waals surface area contributed by atoms with Gasteiger partial charge in [0, 0.05) is 17.6 Å². The van der Waals surface area contributed by atoms with E-state index in [-0.39, 0.29) is 33.4 Å². The quantitative estimate of drug-likeness (QED) is 0.552. The first kappa shape index (κ1) is 20.1. The van der Waals surface area contributed by atoms with Crippen molar-refractivity contribution in [2.75, 3.05) is 18.5 Å². The minimum atomic E-state index is -3.98. The number of nitrogens with zero attached hydrogens (tertiary/aromatic N) is 1. The fraction of sp³-hybridized carbons (Fsp3) is 0.250. The molecule has 0 radical (unpaired) electrons. The summed E-state index contributed by atoms with van der Waals surface area (Å²) in [6.07, 6.45) is 1.78. The van der Waals surface area contributed by atoms with Gasteiger partial charge in [-0.15, -0.1) is 0 Å². The van der Waals surface area contributed by atoms with E-state index < -0.39 is 15.7 Å². The van der Waals surface area contributed by atoms with Crippen molar-refractivity contribution in [3.05, 3.63) is 58.8 Å². The molecule has 6 nitrogen and oxygen atoms in total. The normalized spacial score (nSPS) is 16.8. The zero-order valence-electron chi connectivity index (χ0n) is 15.3. The van der Waals surface area contributed by atoms with Gasteiger partial charge < -0.3 is 14.5 Å². The molecule has 1 aliphatic rings. The van der Waals surface area contributed by atoms with Crippen LogP contribution >= 0.6 is 15.9 Å². The van der Waals surface area contributed by atoms with Crippen LogP contribution in [0.15, 0.2) is 67.3 Å². The number of sulfone groups is 1. The van der Waals surface area contributed by atoms with Gasteiger partial charge in [-0.05, 0) is 49.2 Å². The Morgan fingerprint density at radius 3 is 2.62 bits per heavy atom. The molecule has 0 aliphatic carbocycles. The highest BCUT2D eigenvalue weighted by molar-refractivity contribution is 9.10. The predicted molar refractivity (Wildman–Crippen MR) is 109 cm³/mol. The average Bonchev–Trinajstić information content (AvgIpc) is 3.37. The molecule has 152 valence electrons. The van der Waals surface area contributed by atoms with Crippen LogP contribution in [0.25, 0.3) is 11.5 Å². The van der Waals surface area contributed by atoms with Crippen LogP contribution < -0.4 is 5.32 Å². The van der Waals surface area contributed by atoms with E-state index in [1.807, 2.05) is 0 Å². The van der Waals surface area contributed by atoms with E-state index in [1.165, 1.54) is 30.3 Å². The van der Waals surface area contributed by atoms with Gasteiger partial charge in [-0.1, -0.05) is 28.1 Å². The van der Waals surface area contributed by atoms with Crippen molar-refractivity contribution in [2.45, 2.75) is 28.9 Å². The predicted octanol–water partition coefficient (Wildman–Crippen LogP) is 4.67. The second kappa shape index (κ2) is 8.25. The Balaban J connectivity index is 1.75. The first-order chi connectivity index (χ1) is 13.9. The highest BCUT2D eigenvalue weighted by Gasteiger charge is 2.30. The third-order valence-corrected chi connectivity index (χ3v) is 6.80. The number of halogens is 2. The van der Waals surface area contributed by atoms with Gasteiger partial charge in [-0.2, -0.15) is 4.98 Å². The maximum atomic E-state index is 14.2. The van der Waals surface area contributed by atoms with Gasteiger partial charge in [0.15, 0.2) is 0 Å². The molecule has 0 spiro atoms. The topological polar surface area (TPSA) is 81.4 Å². The monoisotopic (exact) mass is 480 g/mol. The number of nitrogens with one attached hydrogen (secondary N) is 1. The molecule has 1 fully saturated rings. The molecule has 1 atom stereocenters. The molecule has 2 aromatic carbocycles. The minimum absolute atomic E-state index is 0.0262. The lowest BCUT2D eigenvalue weighted by Crippen LogP contribution is -2.19. The van der Waals surface area contributed by atoms with E-state index in [1.54, 1.807) is 18.2 Å². The number of anilines is 1. The van der Waals surface area contributed by atoms with Gasteiger partial charge >= 0.3 is 0 Å². The van der Waals surface area contributed by atoms with Crippen molar-refractivity contribution in [2.24, 2.45) is 0 Å². The summed E-state index contributed by atoms with van der Waals surface area (Å²) in [5.41, 5.74) is 0.0879. The summed E-state index contributed by atoms with van der Waals surface area (Å²) in [4.78, 5) is 4.21. The standard InChI is InChI=1S/C20H18BrFN2O4S/c21-13-7-9-15(10-8-13)29(25,26)20-19(23-12-14-4-3-11-27-14)28-18(24-20)16-5-1-2-6-17(16)22/h1-2,5-10,14,23H,3-4,11-12H2. The van der Waals surface area contributed by atoms with Crippen molar-refractivity contribution in [1.29, 1.82) is 0 Å². The molecule has 9 heteroatoms. The van der Waals surface area contributed by atoms with Crippen LogP contribution in [-0.4, -0.2) is 32.7 Å². The van der Waals surface area contributed by atoms with Crippen LogP contribution in [0, 0.1) is 5.82 Å². The summed E-state index contributed by atoms with van der Waals surface area (Å²) in [5, 5.41) is 2.71. The number of aromatic nitrogens is 1. The molecule has 0 bridgehead atoms. The minimum Gasteiger partial charge on any atom is -0.419 e. The molecule has 3 aromatic rings. The number of oxazole rings is 1. The van der Waals surface area contributed by atoms with Crippen molar-refractivity contribution in [3.8, 4) is 11.5 Å². The lowest BCUT2D eigenvalue weighted by Gasteiger charge is -2.10. The van der Waals surface area contributed by atoms with Crippen LogP contribution in [0.1, 0.15) is 12.8 Å². The summed E-state index contributed by atoms with van der Waals surface area (Å²) in [5.74, 6) is -0.678. The first-order valence-corrected chi connectivity index (χ1v) is 11.3. The van der Waals surface area contributed by atoms with E-state index >= 15 is 0 Å². The first-order valence-electron chi connectivity index (χ1n) is 9.07. The number of benzene rings is 2. The molecule has 0 saturated carbocycles. The maximum Gasteiger partial charge on any atom is 0.233 e. The molecule has 1 unspecified atom stereocenters. The lowest BCUT2D eigenvalue weighted by molar-refractivity contribution is 0.120. The summed E-state index contributed by atoms with van der Waals surface area (Å²) in [6, 6.07) is 12.1. The molecule has 1 saturated heterocycles. The number of hydrogen-bond donors (Lipinski definition) is 1. The van der Waals surface area contributed by atoms with Crippen molar-refractivity contribution in [3.63, 3.8) is 0 Å². The van der Waals surface area contributed by atoms with Crippen LogP contribution in [0.5, 0.6) is 0 Å². The summed E-state index contributed by atoms with van der Waals surface area (Å²) in [7, 11) is -3.98. The molecular weight excluding hydrogens is 463 g/mol. The third kappa shape index (κ3) is 4.22. The van der Waals surface area contributed by atoms with Gasteiger partial charge in [0.1, 0.15) is 5.82 Å². The number of hydrogen-bond acceptors (Lipinski definition) is 6. The van der Waals surface area contributed by atoms with Crippen LogP contribution in [0.4, 0.5) is 10.3 Å². The number of ether oxygens (including phenoxy) is 1. The zero-order chi connectivity index (χ0) is 20.4. The third-order valence-electron chi connectivity index (χ3n) is 4.59. The van der Waals surface area contributed by atoms with E-state index in [2.05, 4.69) is 26.2 Å². The smallest absolute Gasteiger partial charge is 0.233 e. The Bertz CT molecular complexity index is 1110. The van der Waals surface area contributed by atoms with Crippen molar-refractivity contribution >= 4 is 31.7 Å². The fourth-order valence-electron chi connectivity index (χ4n) is 3.09. The molecule has 1 aliphatic heterocycles. The summed E-state index contributed by atoms with van der Waals surface area (Å²) in [6.45, 7) is 1.04. The van der Waals surface area contributed by atoms with Gasteiger partial charge in [0.2, 0.25) is 26.6 Å². The Morgan fingerprint density at radius 2 is 1.93 bits per heavy atom. The molecule has 1 N–H and O–H groups in total. The van der Waals surface area contributed by atoms with Crippen molar-refractivity contribution < 1.29 is 22.0 Å². The highest BCUT2D eigenvalue weighted by Crippen LogP contribution is 2.33. The van der Waals surface area contributed by atoms with Crippen LogP contribution in [0.3, 0.4) is 0 Å². The largest absolute Gasteiger partial charge is 0.419 e. The van der Waals surface area contributed by atoms with Gasteiger partial charge in [0.05, 0.1) is 16.6 Å². The maximum absolute atomic E-state index is 14.2. The Morgan fingerprint density at radius 1 is 1.17 bits per heavy atom.